The minimum atomic E-state index is -1.72. The van der Waals surface area contributed by atoms with Crippen LogP contribution in [0.2, 0.25) is 0 Å². The number of fused-ring (bicyclic) bond motifs is 1. The zero-order valence-electron chi connectivity index (χ0n) is 22.6. The summed E-state index contributed by atoms with van der Waals surface area (Å²) in [4.78, 5) is 13.0. The van der Waals surface area contributed by atoms with Crippen LogP contribution in [0.1, 0.15) is 0 Å². The fourth-order valence-electron chi connectivity index (χ4n) is 4.76. The summed E-state index contributed by atoms with van der Waals surface area (Å²) in [5.74, 6) is 1.06. The Hall–Kier alpha value is -3.31. The third kappa shape index (κ3) is 5.94. The van der Waals surface area contributed by atoms with Crippen molar-refractivity contribution in [3.05, 3.63) is 52.7 Å². The molecule has 228 valence electrons. The summed E-state index contributed by atoms with van der Waals surface area (Å²) in [5, 5.41) is 61.2. The van der Waals surface area contributed by atoms with Crippen molar-refractivity contribution in [2.24, 2.45) is 0 Å². The molecule has 0 saturated carbocycles. The van der Waals surface area contributed by atoms with Crippen molar-refractivity contribution in [3.8, 4) is 28.6 Å². The Kier molecular flexibility index (Phi) is 8.98. The Bertz CT molecular complexity index is 1420. The summed E-state index contributed by atoms with van der Waals surface area (Å²) in [6.45, 7) is -0.749. The van der Waals surface area contributed by atoms with E-state index in [4.69, 9.17) is 32.8 Å². The van der Waals surface area contributed by atoms with Crippen LogP contribution in [-0.2, 0) is 14.2 Å². The fraction of sp³-hybridized carbons (Fsp3) is 0.464. The van der Waals surface area contributed by atoms with E-state index in [1.807, 2.05) is 0 Å². The van der Waals surface area contributed by atoms with Crippen molar-refractivity contribution in [3.63, 3.8) is 0 Å². The van der Waals surface area contributed by atoms with Gasteiger partial charge in [0.2, 0.25) is 6.29 Å². The number of ether oxygens (including phenoxy) is 6. The molecular weight excluding hydrogens is 560 g/mol. The van der Waals surface area contributed by atoms with Crippen LogP contribution < -0.4 is 19.6 Å². The molecule has 9 atom stereocenters. The maximum absolute atomic E-state index is 13.0. The quantitative estimate of drug-likeness (QED) is 0.188. The van der Waals surface area contributed by atoms with Crippen LogP contribution in [0.3, 0.4) is 0 Å². The maximum atomic E-state index is 13.0. The van der Waals surface area contributed by atoms with E-state index in [0.29, 0.717) is 11.3 Å². The minimum Gasteiger partial charge on any atom is -0.497 e. The molecule has 14 nitrogen and oxygen atoms in total. The van der Waals surface area contributed by atoms with E-state index in [-0.39, 0.29) is 40.3 Å². The van der Waals surface area contributed by atoms with E-state index in [0.717, 1.165) is 0 Å². The lowest BCUT2D eigenvalue weighted by Gasteiger charge is -2.41. The first-order valence-corrected chi connectivity index (χ1v) is 13.0. The van der Waals surface area contributed by atoms with Gasteiger partial charge in [-0.3, -0.25) is 4.79 Å². The molecule has 0 unspecified atom stereocenters. The first-order valence-electron chi connectivity index (χ1n) is 13.0. The molecule has 0 radical (unpaired) electrons. The highest BCUT2D eigenvalue weighted by Crippen LogP contribution is 2.34. The summed E-state index contributed by atoms with van der Waals surface area (Å²) in [5.41, 5.74) is 0.345. The van der Waals surface area contributed by atoms with E-state index >= 15 is 0 Å². The number of hydrogen-bond donors (Lipinski definition) is 6. The van der Waals surface area contributed by atoms with Gasteiger partial charge in [-0.15, -0.1) is 0 Å². The summed E-state index contributed by atoms with van der Waals surface area (Å²) < 4.78 is 38.7. The van der Waals surface area contributed by atoms with Gasteiger partial charge in [0, 0.05) is 23.8 Å². The number of hydrogen-bond acceptors (Lipinski definition) is 14. The second kappa shape index (κ2) is 12.5. The van der Waals surface area contributed by atoms with Crippen LogP contribution in [-0.4, -0.2) is 113 Å². The van der Waals surface area contributed by atoms with Crippen molar-refractivity contribution in [2.45, 2.75) is 55.3 Å². The summed E-state index contributed by atoms with van der Waals surface area (Å²) >= 11 is 0. The third-order valence-electron chi connectivity index (χ3n) is 7.16. The molecule has 2 saturated heterocycles. The molecule has 2 aliphatic rings. The third-order valence-corrected chi connectivity index (χ3v) is 7.16. The minimum absolute atomic E-state index is 0.0461. The Balaban J connectivity index is 1.37. The lowest BCUT2D eigenvalue weighted by Crippen LogP contribution is -2.61. The maximum Gasteiger partial charge on any atom is 0.229 e. The lowest BCUT2D eigenvalue weighted by molar-refractivity contribution is -0.307. The zero-order chi connectivity index (χ0) is 30.1. The molecule has 2 aromatic carbocycles. The molecule has 0 aliphatic carbocycles. The highest BCUT2D eigenvalue weighted by atomic mass is 16.7. The van der Waals surface area contributed by atoms with Gasteiger partial charge in [0.25, 0.3) is 0 Å². The topological polar surface area (TPSA) is 207 Å². The van der Waals surface area contributed by atoms with Crippen LogP contribution in [0.25, 0.3) is 22.3 Å². The van der Waals surface area contributed by atoms with Gasteiger partial charge in [-0.2, -0.15) is 0 Å². The molecule has 42 heavy (non-hydrogen) atoms. The SMILES string of the molecule is COc1ccc(-c2cc(=O)c3c(OC)cc(O[C@@H]4O[C@H](CO[C@H]5OC[C@@H](O)[C@H](O)[C@H]5O)[C@@H](O)[C@H](O)[C@H]4O)cc3o2)cc1. The normalized spacial score (nSPS) is 31.6. The Morgan fingerprint density at radius 2 is 1.52 bits per heavy atom. The number of aliphatic hydroxyl groups is 6. The lowest BCUT2D eigenvalue weighted by atomic mass is 9.99. The smallest absolute Gasteiger partial charge is 0.229 e. The second-order valence-electron chi connectivity index (χ2n) is 9.92. The van der Waals surface area contributed by atoms with Gasteiger partial charge in [-0.1, -0.05) is 0 Å². The van der Waals surface area contributed by atoms with Crippen LogP contribution >= 0.6 is 0 Å². The molecular formula is C28H32O14. The van der Waals surface area contributed by atoms with Crippen molar-refractivity contribution in [1.82, 2.24) is 0 Å². The monoisotopic (exact) mass is 592 g/mol. The first kappa shape index (κ1) is 30.2. The Labute approximate surface area is 238 Å². The Morgan fingerprint density at radius 1 is 0.810 bits per heavy atom. The molecule has 3 heterocycles. The predicted octanol–water partition coefficient (Wildman–Crippen LogP) is -0.881. The van der Waals surface area contributed by atoms with Gasteiger partial charge in [0.1, 0.15) is 76.7 Å². The van der Waals surface area contributed by atoms with Gasteiger partial charge >= 0.3 is 0 Å². The largest absolute Gasteiger partial charge is 0.497 e. The highest BCUT2D eigenvalue weighted by molar-refractivity contribution is 5.86. The standard InChI is InChI=1S/C28H32O14/c1-36-13-5-3-12(4-6-13)17-9-15(29)21-18(37-2)7-14(8-19(21)41-17)40-28-26(35)24(33)23(32)20(42-28)11-39-27-25(34)22(31)16(30)10-38-27/h3-9,16,20,22-28,30-35H,10-11H2,1-2H3/t16-,20-,22+,23-,24+,25-,26-,27-,28-/m1/s1. The molecule has 2 fully saturated rings. The summed E-state index contributed by atoms with van der Waals surface area (Å²) in [6.07, 6.45) is -13.6. The van der Waals surface area contributed by atoms with E-state index < -0.39 is 61.9 Å². The van der Waals surface area contributed by atoms with Crippen LogP contribution in [0.15, 0.2) is 51.7 Å². The van der Waals surface area contributed by atoms with Crippen LogP contribution in [0.4, 0.5) is 0 Å². The van der Waals surface area contributed by atoms with Crippen LogP contribution in [0.5, 0.6) is 17.2 Å². The molecule has 5 rings (SSSR count). The van der Waals surface area contributed by atoms with Crippen molar-refractivity contribution < 1.29 is 63.5 Å². The summed E-state index contributed by atoms with van der Waals surface area (Å²) in [6, 6.07) is 11.0. The molecule has 0 spiro atoms. The van der Waals surface area contributed by atoms with Gasteiger partial charge < -0.3 is 63.5 Å². The zero-order valence-corrected chi connectivity index (χ0v) is 22.6. The molecule has 1 aromatic heterocycles. The molecule has 6 N–H and O–H groups in total. The van der Waals surface area contributed by atoms with Crippen molar-refractivity contribution >= 4 is 11.0 Å². The Morgan fingerprint density at radius 3 is 2.21 bits per heavy atom. The molecule has 14 heteroatoms. The van der Waals surface area contributed by atoms with Gasteiger partial charge in [-0.05, 0) is 24.3 Å². The number of aliphatic hydroxyl groups excluding tert-OH is 6. The highest BCUT2D eigenvalue weighted by Gasteiger charge is 2.46. The average molecular weight is 593 g/mol. The molecule has 0 amide bonds. The summed E-state index contributed by atoms with van der Waals surface area (Å²) in [7, 11) is 2.89. The first-order chi connectivity index (χ1) is 20.1. The molecule has 2 aliphatic heterocycles. The van der Waals surface area contributed by atoms with E-state index in [1.54, 1.807) is 24.3 Å². The van der Waals surface area contributed by atoms with Gasteiger partial charge in [-0.25, -0.2) is 0 Å². The van der Waals surface area contributed by atoms with Gasteiger partial charge in [0.05, 0.1) is 27.4 Å². The molecule has 3 aromatic rings. The average Bonchev–Trinajstić information content (AvgIpc) is 2.99. The number of benzene rings is 2. The van der Waals surface area contributed by atoms with E-state index in [9.17, 15) is 35.4 Å². The van der Waals surface area contributed by atoms with Gasteiger partial charge in [0.15, 0.2) is 11.7 Å². The molecule has 0 bridgehead atoms. The number of rotatable bonds is 8. The second-order valence-corrected chi connectivity index (χ2v) is 9.92. The predicted molar refractivity (Wildman–Crippen MR) is 142 cm³/mol. The van der Waals surface area contributed by atoms with E-state index in [1.165, 1.54) is 32.4 Å². The number of methoxy groups -OCH3 is 2. The fourth-order valence-corrected chi connectivity index (χ4v) is 4.76. The van der Waals surface area contributed by atoms with Crippen molar-refractivity contribution in [2.75, 3.05) is 27.4 Å². The van der Waals surface area contributed by atoms with E-state index in [2.05, 4.69) is 0 Å². The van der Waals surface area contributed by atoms with Crippen molar-refractivity contribution in [1.29, 1.82) is 0 Å². The van der Waals surface area contributed by atoms with Crippen LogP contribution in [0, 0.1) is 0 Å².